The third kappa shape index (κ3) is 3.58. The number of rotatable bonds is 5. The molecule has 1 amide bonds. The Kier molecular flexibility index (Phi) is 5.26. The summed E-state index contributed by atoms with van der Waals surface area (Å²) in [5, 5.41) is 18.7. The van der Waals surface area contributed by atoms with E-state index >= 15 is 0 Å². The summed E-state index contributed by atoms with van der Waals surface area (Å²) in [7, 11) is 0. The number of nitrogens with zero attached hydrogens (tertiary/aromatic N) is 3. The van der Waals surface area contributed by atoms with E-state index in [1.165, 1.54) is 4.57 Å². The van der Waals surface area contributed by atoms with Gasteiger partial charge in [-0.25, -0.2) is 0 Å². The Morgan fingerprint density at radius 1 is 1.41 bits per heavy atom. The number of benzene rings is 1. The van der Waals surface area contributed by atoms with Gasteiger partial charge in [-0.1, -0.05) is 15.9 Å². The molecule has 0 spiro atoms. The maximum Gasteiger partial charge on any atom is 0.326 e. The van der Waals surface area contributed by atoms with Gasteiger partial charge in [0.2, 0.25) is 5.88 Å². The van der Waals surface area contributed by atoms with Crippen LogP contribution in [-0.4, -0.2) is 32.5 Å². The minimum atomic E-state index is -1.16. The lowest BCUT2D eigenvalue weighted by Crippen LogP contribution is -2.15. The van der Waals surface area contributed by atoms with E-state index in [4.69, 9.17) is 27.9 Å². The fraction of sp³-hybridized carbons (Fsp3) is 0.412. The van der Waals surface area contributed by atoms with Gasteiger partial charge in [0.05, 0.1) is 17.5 Å². The molecule has 1 N–H and O–H groups in total. The average molecular weight is 477 g/mol. The first-order chi connectivity index (χ1) is 12.6. The van der Waals surface area contributed by atoms with Crippen molar-refractivity contribution in [2.24, 2.45) is 15.6 Å². The molecule has 1 aliphatic carbocycles. The van der Waals surface area contributed by atoms with Gasteiger partial charge in [0, 0.05) is 9.86 Å². The molecule has 0 unspecified atom stereocenters. The molecule has 1 fully saturated rings. The highest BCUT2D eigenvalue weighted by Crippen LogP contribution is 2.64. The molecule has 0 bridgehead atoms. The molecular formula is C17H16BrCl2N3O4. The molecule has 10 heteroatoms. The Bertz CT molecular complexity index is 973. The number of alkyl halides is 2. The van der Waals surface area contributed by atoms with Crippen LogP contribution < -0.4 is 0 Å². The van der Waals surface area contributed by atoms with E-state index in [2.05, 4.69) is 26.2 Å². The molecule has 1 heterocycles. The Balaban J connectivity index is 2.01. The predicted octanol–water partition coefficient (Wildman–Crippen LogP) is 4.87. The van der Waals surface area contributed by atoms with Crippen LogP contribution in [0.15, 0.2) is 32.9 Å². The van der Waals surface area contributed by atoms with Gasteiger partial charge >= 0.3 is 5.97 Å². The lowest BCUT2D eigenvalue weighted by Gasteiger charge is -2.06. The van der Waals surface area contributed by atoms with Crippen molar-refractivity contribution in [3.63, 3.8) is 0 Å². The smallest absolute Gasteiger partial charge is 0.326 e. The highest BCUT2D eigenvalue weighted by atomic mass is 79.9. The fourth-order valence-corrected chi connectivity index (χ4v) is 3.79. The van der Waals surface area contributed by atoms with E-state index in [1.807, 2.05) is 0 Å². The zero-order valence-corrected chi connectivity index (χ0v) is 17.6. The molecule has 1 aliphatic rings. The number of halogens is 3. The molecule has 0 saturated heterocycles. The maximum absolute atomic E-state index is 12.3. The van der Waals surface area contributed by atoms with Crippen LogP contribution in [0.4, 0.5) is 5.69 Å². The molecule has 3 rings (SSSR count). The minimum absolute atomic E-state index is 0.0722. The first-order valence-corrected chi connectivity index (χ1v) is 9.66. The molecule has 144 valence electrons. The van der Waals surface area contributed by atoms with E-state index in [0.29, 0.717) is 10.9 Å². The van der Waals surface area contributed by atoms with Gasteiger partial charge in [-0.2, -0.15) is 0 Å². The Hall–Kier alpha value is -1.64. The summed E-state index contributed by atoms with van der Waals surface area (Å²) >= 11 is 15.3. The van der Waals surface area contributed by atoms with Gasteiger partial charge in [0.15, 0.2) is 5.69 Å². The number of hydrogen-bond donors (Lipinski definition) is 1. The van der Waals surface area contributed by atoms with Crippen molar-refractivity contribution in [3.8, 4) is 5.88 Å². The fourth-order valence-electron chi connectivity index (χ4n) is 2.73. The van der Waals surface area contributed by atoms with Crippen LogP contribution in [0.3, 0.4) is 0 Å². The number of carbonyl (C=O) groups is 2. The molecule has 7 nitrogen and oxygen atoms in total. The van der Waals surface area contributed by atoms with E-state index in [-0.39, 0.29) is 31.1 Å². The number of aromatic nitrogens is 1. The summed E-state index contributed by atoms with van der Waals surface area (Å²) < 4.78 is 5.87. The van der Waals surface area contributed by atoms with Crippen LogP contribution in [0.1, 0.15) is 20.3 Å². The first kappa shape index (κ1) is 20.1. The van der Waals surface area contributed by atoms with Crippen molar-refractivity contribution in [2.45, 2.75) is 31.1 Å². The van der Waals surface area contributed by atoms with Gasteiger partial charge in [-0.15, -0.1) is 33.4 Å². The first-order valence-electron chi connectivity index (χ1n) is 8.11. The van der Waals surface area contributed by atoms with Crippen molar-refractivity contribution in [3.05, 3.63) is 22.7 Å². The topological polar surface area (TPSA) is 93.2 Å². The number of carbonyl (C=O) groups excluding carboxylic acids is 2. The van der Waals surface area contributed by atoms with Crippen molar-refractivity contribution >= 4 is 67.6 Å². The van der Waals surface area contributed by atoms with Crippen LogP contribution in [-0.2, 0) is 20.9 Å². The summed E-state index contributed by atoms with van der Waals surface area (Å²) in [6.45, 7) is 3.32. The molecule has 1 saturated carbocycles. The summed E-state index contributed by atoms with van der Waals surface area (Å²) in [4.78, 5) is 24.2. The summed E-state index contributed by atoms with van der Waals surface area (Å²) in [5.74, 6) is -1.38. The Morgan fingerprint density at radius 3 is 2.67 bits per heavy atom. The molecule has 0 radical (unpaired) electrons. The van der Waals surface area contributed by atoms with Crippen LogP contribution in [0.5, 0.6) is 5.88 Å². The van der Waals surface area contributed by atoms with E-state index < -0.39 is 21.6 Å². The van der Waals surface area contributed by atoms with Crippen molar-refractivity contribution < 1.29 is 19.4 Å². The number of azo groups is 1. The molecule has 1 aromatic heterocycles. The van der Waals surface area contributed by atoms with Crippen molar-refractivity contribution in [2.75, 3.05) is 6.61 Å². The lowest BCUT2D eigenvalue weighted by molar-refractivity contribution is -0.143. The Labute approximate surface area is 173 Å². The average Bonchev–Trinajstić information content (AvgIpc) is 3.01. The molecule has 0 aliphatic heterocycles. The quantitative estimate of drug-likeness (QED) is 0.378. The number of aromatic hydroxyl groups is 1. The summed E-state index contributed by atoms with van der Waals surface area (Å²) in [6.07, 6.45) is 0.281. The third-order valence-corrected chi connectivity index (χ3v) is 6.13. The van der Waals surface area contributed by atoms with E-state index in [0.717, 1.165) is 4.47 Å². The van der Waals surface area contributed by atoms with Crippen LogP contribution in [0.2, 0.25) is 0 Å². The lowest BCUT2D eigenvalue weighted by atomic mass is 10.1. The summed E-state index contributed by atoms with van der Waals surface area (Å²) in [6, 6.07) is 5.18. The molecular weight excluding hydrogens is 461 g/mol. The second-order valence-corrected chi connectivity index (χ2v) is 8.84. The maximum atomic E-state index is 12.3. The highest BCUT2D eigenvalue weighted by Gasteiger charge is 2.68. The van der Waals surface area contributed by atoms with Crippen LogP contribution >= 0.6 is 39.1 Å². The second-order valence-electron chi connectivity index (χ2n) is 6.44. The zero-order chi connectivity index (χ0) is 20.0. The number of amides is 1. The van der Waals surface area contributed by atoms with E-state index in [9.17, 15) is 14.7 Å². The molecule has 1 atom stereocenters. The van der Waals surface area contributed by atoms with Gasteiger partial charge in [-0.3, -0.25) is 14.2 Å². The SMILES string of the molecule is CCOC(=O)Cn1c(O)c(N=NC(=O)[C@@]2(C)CC2(Cl)Cl)c2cc(Br)ccc21. The zero-order valence-electron chi connectivity index (χ0n) is 14.5. The number of ether oxygens (including phenoxy) is 1. The number of hydrogen-bond acceptors (Lipinski definition) is 5. The highest BCUT2D eigenvalue weighted by molar-refractivity contribution is 9.10. The van der Waals surface area contributed by atoms with Crippen LogP contribution in [0, 0.1) is 5.41 Å². The summed E-state index contributed by atoms with van der Waals surface area (Å²) in [5.41, 5.74) is -0.381. The number of esters is 1. The number of fused-ring (bicyclic) bond motifs is 1. The largest absolute Gasteiger partial charge is 0.493 e. The Morgan fingerprint density at radius 2 is 2.07 bits per heavy atom. The van der Waals surface area contributed by atoms with Crippen molar-refractivity contribution in [1.29, 1.82) is 0 Å². The van der Waals surface area contributed by atoms with Crippen LogP contribution in [0.25, 0.3) is 10.9 Å². The standard InChI is InChI=1S/C17H16BrCl2N3O4/c1-3-27-12(24)7-23-11-5-4-9(18)6-10(11)13(14(23)25)21-22-15(26)16(2)8-17(16,19)20/h4-6,25H,3,7-8H2,1-2H3/t16-/m1/s1. The monoisotopic (exact) mass is 475 g/mol. The molecule has 1 aromatic carbocycles. The molecule has 2 aromatic rings. The third-order valence-electron chi connectivity index (χ3n) is 4.54. The van der Waals surface area contributed by atoms with Gasteiger partial charge in [-0.05, 0) is 38.5 Å². The van der Waals surface area contributed by atoms with Gasteiger partial charge in [0.25, 0.3) is 5.91 Å². The molecule has 27 heavy (non-hydrogen) atoms. The second kappa shape index (κ2) is 7.07. The van der Waals surface area contributed by atoms with Crippen molar-refractivity contribution in [1.82, 2.24) is 4.57 Å². The predicted molar refractivity (Wildman–Crippen MR) is 105 cm³/mol. The normalized spacial score (nSPS) is 20.9. The van der Waals surface area contributed by atoms with E-state index in [1.54, 1.807) is 32.0 Å². The van der Waals surface area contributed by atoms with Gasteiger partial charge in [0.1, 0.15) is 10.9 Å². The van der Waals surface area contributed by atoms with Gasteiger partial charge < -0.3 is 9.84 Å². The minimum Gasteiger partial charge on any atom is -0.493 e.